The molecule has 17 heavy (non-hydrogen) atoms. The molecule has 1 aromatic rings. The average Bonchev–Trinajstić information content (AvgIpc) is 2.44. The van der Waals surface area contributed by atoms with Crippen molar-refractivity contribution in [3.8, 4) is 0 Å². The zero-order valence-electron chi connectivity index (χ0n) is 11.5. The first-order valence-corrected chi connectivity index (χ1v) is 6.71. The molecule has 0 saturated heterocycles. The first-order valence-electron chi connectivity index (χ1n) is 6.33. The first-order chi connectivity index (χ1) is 7.91. The average molecular weight is 258 g/mol. The van der Waals surface area contributed by atoms with Gasteiger partial charge in [-0.15, -0.1) is 0 Å². The van der Waals surface area contributed by atoms with E-state index in [1.165, 1.54) is 12.0 Å². The molecular formula is C13H24ClN3. The third kappa shape index (κ3) is 4.32. The molecule has 0 saturated carbocycles. The second kappa shape index (κ2) is 6.41. The fourth-order valence-corrected chi connectivity index (χ4v) is 2.23. The standard InChI is InChI=1S/C13H24ClN3/c1-9(2)15-7-6-10(3)8-12-11(4)16-17(5)13(12)14/h9-10,15H,6-8H2,1-5H3. The van der Waals surface area contributed by atoms with Gasteiger partial charge in [-0.25, -0.2) is 0 Å². The number of aryl methyl sites for hydroxylation is 2. The molecule has 1 atom stereocenters. The summed E-state index contributed by atoms with van der Waals surface area (Å²) in [5, 5.41) is 8.57. The molecule has 0 aromatic carbocycles. The van der Waals surface area contributed by atoms with E-state index in [0.717, 1.165) is 23.8 Å². The minimum Gasteiger partial charge on any atom is -0.315 e. The predicted octanol–water partition coefficient (Wildman–Crippen LogP) is 2.95. The summed E-state index contributed by atoms with van der Waals surface area (Å²) in [6, 6.07) is 0.561. The molecule has 98 valence electrons. The van der Waals surface area contributed by atoms with Crippen LogP contribution in [0.3, 0.4) is 0 Å². The highest BCUT2D eigenvalue weighted by atomic mass is 35.5. The monoisotopic (exact) mass is 257 g/mol. The lowest BCUT2D eigenvalue weighted by molar-refractivity contribution is 0.475. The van der Waals surface area contributed by atoms with Crippen LogP contribution in [-0.4, -0.2) is 22.4 Å². The van der Waals surface area contributed by atoms with E-state index >= 15 is 0 Å². The highest BCUT2D eigenvalue weighted by molar-refractivity contribution is 6.30. The van der Waals surface area contributed by atoms with E-state index in [-0.39, 0.29) is 0 Å². The summed E-state index contributed by atoms with van der Waals surface area (Å²) in [6.45, 7) is 9.71. The maximum absolute atomic E-state index is 6.23. The lowest BCUT2D eigenvalue weighted by atomic mass is 9.98. The van der Waals surface area contributed by atoms with Gasteiger partial charge in [0.05, 0.1) is 5.69 Å². The van der Waals surface area contributed by atoms with E-state index in [2.05, 4.69) is 31.2 Å². The van der Waals surface area contributed by atoms with E-state index in [4.69, 9.17) is 11.6 Å². The van der Waals surface area contributed by atoms with Gasteiger partial charge in [0.1, 0.15) is 5.15 Å². The third-order valence-corrected chi connectivity index (χ3v) is 3.48. The molecule has 4 heteroatoms. The van der Waals surface area contributed by atoms with E-state index in [0.29, 0.717) is 12.0 Å². The lowest BCUT2D eigenvalue weighted by Gasteiger charge is -2.13. The summed E-state index contributed by atoms with van der Waals surface area (Å²) < 4.78 is 1.76. The summed E-state index contributed by atoms with van der Waals surface area (Å²) in [7, 11) is 1.89. The van der Waals surface area contributed by atoms with Crippen molar-refractivity contribution in [2.24, 2.45) is 13.0 Å². The molecule has 1 unspecified atom stereocenters. The number of nitrogens with zero attached hydrogens (tertiary/aromatic N) is 2. The molecule has 0 aliphatic rings. The molecule has 1 rings (SSSR count). The van der Waals surface area contributed by atoms with Gasteiger partial charge in [0.25, 0.3) is 0 Å². The second-order valence-corrected chi connectivity index (χ2v) is 5.54. The van der Waals surface area contributed by atoms with Crippen LogP contribution in [0.4, 0.5) is 0 Å². The molecule has 0 radical (unpaired) electrons. The van der Waals surface area contributed by atoms with E-state index in [9.17, 15) is 0 Å². The largest absolute Gasteiger partial charge is 0.315 e. The van der Waals surface area contributed by atoms with Crippen LogP contribution in [0.15, 0.2) is 0 Å². The van der Waals surface area contributed by atoms with Crippen LogP contribution in [0, 0.1) is 12.8 Å². The SMILES string of the molecule is Cc1nn(C)c(Cl)c1CC(C)CCNC(C)C. The molecule has 0 aliphatic carbocycles. The second-order valence-electron chi connectivity index (χ2n) is 5.19. The minimum atomic E-state index is 0.561. The van der Waals surface area contributed by atoms with E-state index in [1.807, 2.05) is 14.0 Å². The molecule has 0 spiro atoms. The van der Waals surface area contributed by atoms with Gasteiger partial charge in [0, 0.05) is 18.7 Å². The van der Waals surface area contributed by atoms with E-state index < -0.39 is 0 Å². The number of hydrogen-bond donors (Lipinski definition) is 1. The molecule has 1 aromatic heterocycles. The number of halogens is 1. The Bertz CT molecular complexity index is 358. The summed E-state index contributed by atoms with van der Waals surface area (Å²) in [5.41, 5.74) is 2.26. The molecule has 3 nitrogen and oxygen atoms in total. The van der Waals surface area contributed by atoms with Gasteiger partial charge < -0.3 is 5.32 Å². The topological polar surface area (TPSA) is 29.9 Å². The van der Waals surface area contributed by atoms with Crippen LogP contribution < -0.4 is 5.32 Å². The van der Waals surface area contributed by atoms with Crippen molar-refractivity contribution in [1.29, 1.82) is 0 Å². The fourth-order valence-electron chi connectivity index (χ4n) is 1.97. The zero-order chi connectivity index (χ0) is 13.0. The molecule has 0 aliphatic heterocycles. The van der Waals surface area contributed by atoms with E-state index in [1.54, 1.807) is 4.68 Å². The number of aromatic nitrogens is 2. The molecule has 1 heterocycles. The summed E-state index contributed by atoms with van der Waals surface area (Å²) >= 11 is 6.23. The zero-order valence-corrected chi connectivity index (χ0v) is 12.3. The van der Waals surface area contributed by atoms with Gasteiger partial charge in [-0.1, -0.05) is 32.4 Å². The van der Waals surface area contributed by atoms with Crippen LogP contribution in [0.25, 0.3) is 0 Å². The van der Waals surface area contributed by atoms with Crippen molar-refractivity contribution in [3.63, 3.8) is 0 Å². The summed E-state index contributed by atoms with van der Waals surface area (Å²) in [6.07, 6.45) is 2.18. The first kappa shape index (κ1) is 14.5. The molecule has 0 amide bonds. The molecule has 1 N–H and O–H groups in total. The van der Waals surface area contributed by atoms with Gasteiger partial charge in [0.15, 0.2) is 0 Å². The van der Waals surface area contributed by atoms with Gasteiger partial charge in [0.2, 0.25) is 0 Å². The fraction of sp³-hybridized carbons (Fsp3) is 0.769. The van der Waals surface area contributed by atoms with Gasteiger partial charge in [-0.3, -0.25) is 4.68 Å². The highest BCUT2D eigenvalue weighted by Crippen LogP contribution is 2.22. The van der Waals surface area contributed by atoms with Crippen molar-refractivity contribution in [1.82, 2.24) is 15.1 Å². The Morgan fingerprint density at radius 1 is 1.35 bits per heavy atom. The number of nitrogens with one attached hydrogen (secondary N) is 1. The maximum Gasteiger partial charge on any atom is 0.130 e. The Morgan fingerprint density at radius 2 is 2.00 bits per heavy atom. The minimum absolute atomic E-state index is 0.561. The van der Waals surface area contributed by atoms with Crippen LogP contribution in [0.5, 0.6) is 0 Å². The normalized spacial score (nSPS) is 13.4. The van der Waals surface area contributed by atoms with Crippen molar-refractivity contribution >= 4 is 11.6 Å². The van der Waals surface area contributed by atoms with Gasteiger partial charge >= 0.3 is 0 Å². The predicted molar refractivity (Wildman–Crippen MR) is 73.6 cm³/mol. The molecule has 0 bridgehead atoms. The number of rotatable bonds is 6. The van der Waals surface area contributed by atoms with Crippen LogP contribution >= 0.6 is 11.6 Å². The third-order valence-electron chi connectivity index (χ3n) is 3.01. The maximum atomic E-state index is 6.23. The van der Waals surface area contributed by atoms with Gasteiger partial charge in [-0.2, -0.15) is 5.10 Å². The number of hydrogen-bond acceptors (Lipinski definition) is 2. The Balaban J connectivity index is 2.47. The molecule has 0 fully saturated rings. The summed E-state index contributed by atoms with van der Waals surface area (Å²) in [5.74, 6) is 0.627. The Kier molecular flexibility index (Phi) is 5.47. The van der Waals surface area contributed by atoms with Crippen molar-refractivity contribution in [3.05, 3.63) is 16.4 Å². The Morgan fingerprint density at radius 3 is 2.47 bits per heavy atom. The van der Waals surface area contributed by atoms with Crippen LogP contribution in [-0.2, 0) is 13.5 Å². The van der Waals surface area contributed by atoms with Crippen molar-refractivity contribution < 1.29 is 0 Å². The van der Waals surface area contributed by atoms with Crippen LogP contribution in [0.2, 0.25) is 5.15 Å². The Labute approximate surface area is 110 Å². The van der Waals surface area contributed by atoms with Crippen LogP contribution in [0.1, 0.15) is 38.4 Å². The highest BCUT2D eigenvalue weighted by Gasteiger charge is 2.14. The summed E-state index contributed by atoms with van der Waals surface area (Å²) in [4.78, 5) is 0. The quantitative estimate of drug-likeness (QED) is 0.849. The van der Waals surface area contributed by atoms with Crippen molar-refractivity contribution in [2.45, 2.75) is 46.6 Å². The smallest absolute Gasteiger partial charge is 0.130 e. The van der Waals surface area contributed by atoms with Crippen molar-refractivity contribution in [2.75, 3.05) is 6.54 Å². The lowest BCUT2D eigenvalue weighted by Crippen LogP contribution is -2.25. The molecular weight excluding hydrogens is 234 g/mol. The van der Waals surface area contributed by atoms with Gasteiger partial charge in [-0.05, 0) is 32.2 Å². The Hall–Kier alpha value is -0.540.